The predicted octanol–water partition coefficient (Wildman–Crippen LogP) is 3.81. The molecule has 25 heavy (non-hydrogen) atoms. The lowest BCUT2D eigenvalue weighted by Gasteiger charge is -2.03. The molecule has 1 heterocycles. The van der Waals surface area contributed by atoms with Crippen LogP contribution in [0.3, 0.4) is 0 Å². The van der Waals surface area contributed by atoms with E-state index in [9.17, 15) is 4.79 Å². The number of hydrogen-bond acceptors (Lipinski definition) is 4. The minimum absolute atomic E-state index is 0.296. The van der Waals surface area contributed by atoms with Crippen molar-refractivity contribution in [2.75, 3.05) is 7.05 Å². The summed E-state index contributed by atoms with van der Waals surface area (Å²) in [5.41, 5.74) is 8.94. The molecule has 6 heteroatoms. The van der Waals surface area contributed by atoms with Gasteiger partial charge in [0.15, 0.2) is 5.76 Å². The average molecular weight is 354 g/mol. The van der Waals surface area contributed by atoms with Crippen LogP contribution < -0.4 is 11.1 Å². The number of amides is 1. The highest BCUT2D eigenvalue weighted by Crippen LogP contribution is 2.27. The number of halogens is 1. The van der Waals surface area contributed by atoms with Crippen LogP contribution in [-0.4, -0.2) is 18.1 Å². The van der Waals surface area contributed by atoms with Crippen LogP contribution in [0.5, 0.6) is 0 Å². The third-order valence-corrected chi connectivity index (χ3v) is 3.94. The highest BCUT2D eigenvalue weighted by atomic mass is 35.5. The summed E-state index contributed by atoms with van der Waals surface area (Å²) in [4.78, 5) is 12.4. The van der Waals surface area contributed by atoms with Crippen LogP contribution in [0.4, 0.5) is 0 Å². The number of aromatic nitrogens is 1. The molecule has 3 rings (SSSR count). The van der Waals surface area contributed by atoms with Gasteiger partial charge in [-0.1, -0.05) is 59.2 Å². The van der Waals surface area contributed by atoms with Gasteiger partial charge in [-0.2, -0.15) is 0 Å². The van der Waals surface area contributed by atoms with E-state index in [0.717, 1.165) is 11.1 Å². The number of rotatable bonds is 4. The lowest BCUT2D eigenvalue weighted by atomic mass is 10.0. The number of nitrogens with two attached hydrogens (primary N) is 1. The Balaban J connectivity index is 2.07. The number of benzene rings is 2. The van der Waals surface area contributed by atoms with Gasteiger partial charge < -0.3 is 15.6 Å². The number of hydrogen-bond donors (Lipinski definition) is 2. The molecule has 0 aliphatic rings. The van der Waals surface area contributed by atoms with Crippen molar-refractivity contribution in [2.24, 2.45) is 5.73 Å². The first-order valence-corrected chi connectivity index (χ1v) is 7.98. The number of carbonyl (C=O) groups excluding carboxylic acids is 1. The molecule has 3 aromatic rings. The number of carbonyl (C=O) groups is 1. The molecule has 0 saturated carbocycles. The standard InChI is InChI=1S/C19H16ClN3O2/c1-22-19(24)17-16(11-15(21)12-7-9-14(20)10-8-12)25-23-18(17)13-5-3-2-4-6-13/h2-11H,21H2,1H3,(H,22,24). The van der Waals surface area contributed by atoms with Gasteiger partial charge in [-0.3, -0.25) is 4.79 Å². The maximum Gasteiger partial charge on any atom is 0.257 e. The number of nitrogens with zero attached hydrogens (tertiary/aromatic N) is 1. The molecule has 2 aromatic carbocycles. The summed E-state index contributed by atoms with van der Waals surface area (Å²) in [6.45, 7) is 0. The second-order valence-corrected chi connectivity index (χ2v) is 5.76. The molecular formula is C19H16ClN3O2. The Morgan fingerprint density at radius 1 is 1.16 bits per heavy atom. The first-order valence-electron chi connectivity index (χ1n) is 7.60. The summed E-state index contributed by atoms with van der Waals surface area (Å²) in [6.07, 6.45) is 1.59. The minimum atomic E-state index is -0.296. The minimum Gasteiger partial charge on any atom is -0.398 e. The molecule has 5 nitrogen and oxygen atoms in total. The Bertz CT molecular complexity index is 916. The Morgan fingerprint density at radius 3 is 2.48 bits per heavy atom. The molecule has 1 aromatic heterocycles. The zero-order valence-corrected chi connectivity index (χ0v) is 14.2. The van der Waals surface area contributed by atoms with Crippen molar-refractivity contribution in [2.45, 2.75) is 0 Å². The van der Waals surface area contributed by atoms with Gasteiger partial charge in [0.1, 0.15) is 11.3 Å². The van der Waals surface area contributed by atoms with Crippen molar-refractivity contribution in [1.82, 2.24) is 10.5 Å². The average Bonchev–Trinajstić information content (AvgIpc) is 3.05. The lowest BCUT2D eigenvalue weighted by Crippen LogP contribution is -2.19. The molecule has 0 aliphatic carbocycles. The van der Waals surface area contributed by atoms with Gasteiger partial charge in [-0.25, -0.2) is 0 Å². The second kappa shape index (κ2) is 7.23. The maximum atomic E-state index is 12.4. The molecule has 0 fully saturated rings. The van der Waals surface area contributed by atoms with E-state index in [4.69, 9.17) is 21.9 Å². The Morgan fingerprint density at radius 2 is 1.84 bits per heavy atom. The summed E-state index contributed by atoms with van der Waals surface area (Å²) < 4.78 is 5.40. The third-order valence-electron chi connectivity index (χ3n) is 3.68. The van der Waals surface area contributed by atoms with E-state index >= 15 is 0 Å². The van der Waals surface area contributed by atoms with Crippen molar-refractivity contribution in [1.29, 1.82) is 0 Å². The summed E-state index contributed by atoms with van der Waals surface area (Å²) >= 11 is 5.89. The molecule has 0 unspecified atom stereocenters. The molecule has 0 aliphatic heterocycles. The Kier molecular flexibility index (Phi) is 4.86. The molecule has 0 saturated heterocycles. The molecular weight excluding hydrogens is 338 g/mol. The normalized spacial score (nSPS) is 11.4. The summed E-state index contributed by atoms with van der Waals surface area (Å²) in [6, 6.07) is 16.4. The first-order chi connectivity index (χ1) is 12.1. The van der Waals surface area contributed by atoms with E-state index in [1.54, 1.807) is 37.4 Å². The molecule has 3 N–H and O–H groups in total. The summed E-state index contributed by atoms with van der Waals surface area (Å²) in [5, 5.41) is 7.29. The molecule has 1 amide bonds. The smallest absolute Gasteiger partial charge is 0.257 e. The van der Waals surface area contributed by atoms with E-state index in [0.29, 0.717) is 27.7 Å². The van der Waals surface area contributed by atoms with Crippen molar-refractivity contribution in [3.63, 3.8) is 0 Å². The fourth-order valence-electron chi connectivity index (χ4n) is 2.41. The largest absolute Gasteiger partial charge is 0.398 e. The molecule has 126 valence electrons. The Labute approximate surface area is 150 Å². The first kappa shape index (κ1) is 16.8. The number of nitrogens with one attached hydrogen (secondary N) is 1. The molecule has 0 bridgehead atoms. The van der Waals surface area contributed by atoms with E-state index in [1.807, 2.05) is 30.3 Å². The lowest BCUT2D eigenvalue weighted by molar-refractivity contribution is 0.0963. The molecule has 0 spiro atoms. The zero-order chi connectivity index (χ0) is 17.8. The van der Waals surface area contributed by atoms with E-state index in [1.165, 1.54) is 0 Å². The van der Waals surface area contributed by atoms with Crippen molar-refractivity contribution in [3.05, 3.63) is 76.5 Å². The fraction of sp³-hybridized carbons (Fsp3) is 0.0526. The van der Waals surface area contributed by atoms with Gasteiger partial charge in [-0.05, 0) is 17.7 Å². The predicted molar refractivity (Wildman–Crippen MR) is 98.8 cm³/mol. The van der Waals surface area contributed by atoms with Crippen molar-refractivity contribution < 1.29 is 9.32 Å². The van der Waals surface area contributed by atoms with Crippen molar-refractivity contribution >= 4 is 29.3 Å². The van der Waals surface area contributed by atoms with E-state index in [-0.39, 0.29) is 5.91 Å². The van der Waals surface area contributed by atoms with Crippen LogP contribution in [0.2, 0.25) is 5.02 Å². The fourth-order valence-corrected chi connectivity index (χ4v) is 2.53. The van der Waals surface area contributed by atoms with E-state index in [2.05, 4.69) is 10.5 Å². The van der Waals surface area contributed by atoms with Gasteiger partial charge >= 0.3 is 0 Å². The Hall–Kier alpha value is -3.05. The quantitative estimate of drug-likeness (QED) is 0.747. The van der Waals surface area contributed by atoms with Gasteiger partial charge in [0, 0.05) is 29.4 Å². The van der Waals surface area contributed by atoms with Crippen LogP contribution in [0.1, 0.15) is 21.7 Å². The molecule has 0 atom stereocenters. The van der Waals surface area contributed by atoms with Crippen molar-refractivity contribution in [3.8, 4) is 11.3 Å². The summed E-state index contributed by atoms with van der Waals surface area (Å²) in [5.74, 6) is 0.000845. The second-order valence-electron chi connectivity index (χ2n) is 5.32. The van der Waals surface area contributed by atoms with Gasteiger partial charge in [0.25, 0.3) is 5.91 Å². The van der Waals surface area contributed by atoms with Gasteiger partial charge in [-0.15, -0.1) is 0 Å². The van der Waals surface area contributed by atoms with Crippen LogP contribution in [0.25, 0.3) is 23.0 Å². The monoisotopic (exact) mass is 353 g/mol. The van der Waals surface area contributed by atoms with Gasteiger partial charge in [0.05, 0.1) is 0 Å². The topological polar surface area (TPSA) is 81.2 Å². The molecule has 0 radical (unpaired) electrons. The van der Waals surface area contributed by atoms with Crippen LogP contribution >= 0.6 is 11.6 Å². The third kappa shape index (κ3) is 3.56. The van der Waals surface area contributed by atoms with Crippen LogP contribution in [0, 0.1) is 0 Å². The summed E-state index contributed by atoms with van der Waals surface area (Å²) in [7, 11) is 1.56. The maximum absolute atomic E-state index is 12.4. The van der Waals surface area contributed by atoms with E-state index < -0.39 is 0 Å². The van der Waals surface area contributed by atoms with Crippen LogP contribution in [-0.2, 0) is 0 Å². The highest BCUT2D eigenvalue weighted by molar-refractivity contribution is 6.30. The zero-order valence-electron chi connectivity index (χ0n) is 13.5. The van der Waals surface area contributed by atoms with Gasteiger partial charge in [0.2, 0.25) is 0 Å². The highest BCUT2D eigenvalue weighted by Gasteiger charge is 2.22. The SMILES string of the molecule is CNC(=O)c1c(-c2ccccc2)noc1C=C(N)c1ccc(Cl)cc1. The van der Waals surface area contributed by atoms with Crippen LogP contribution in [0.15, 0.2) is 59.1 Å².